The average molecular weight is 447 g/mol. The number of anilines is 2. The van der Waals surface area contributed by atoms with E-state index in [4.69, 9.17) is 10.5 Å². The molecule has 1 aromatic carbocycles. The van der Waals surface area contributed by atoms with Crippen molar-refractivity contribution in [2.45, 2.75) is 52.1 Å². The van der Waals surface area contributed by atoms with E-state index in [1.54, 1.807) is 4.57 Å². The van der Waals surface area contributed by atoms with Crippen molar-refractivity contribution < 1.29 is 19.0 Å². The van der Waals surface area contributed by atoms with Gasteiger partial charge in [0.1, 0.15) is 11.3 Å². The van der Waals surface area contributed by atoms with Crippen LogP contribution < -0.4 is 26.1 Å². The van der Waals surface area contributed by atoms with Gasteiger partial charge in [-0.05, 0) is 31.2 Å². The molecule has 1 aromatic heterocycles. The lowest BCUT2D eigenvalue weighted by molar-refractivity contribution is 0.0695. The van der Waals surface area contributed by atoms with Gasteiger partial charge in [-0.3, -0.25) is 4.79 Å². The van der Waals surface area contributed by atoms with Crippen LogP contribution >= 0.6 is 0 Å². The number of aromatic nitrogens is 1. The molecule has 9 heteroatoms. The summed E-state index contributed by atoms with van der Waals surface area (Å²) in [5.41, 5.74) is 5.09. The quantitative estimate of drug-likeness (QED) is 0.585. The number of carbonyl (C=O) groups is 1. The highest BCUT2D eigenvalue weighted by molar-refractivity contribution is 6.03. The first-order valence-electron chi connectivity index (χ1n) is 11.1. The summed E-state index contributed by atoms with van der Waals surface area (Å²) in [6.07, 6.45) is 3.84. The van der Waals surface area contributed by atoms with Crippen molar-refractivity contribution in [3.8, 4) is 5.75 Å². The van der Waals surface area contributed by atoms with E-state index in [0.717, 1.165) is 25.8 Å². The minimum Gasteiger partial charge on any atom is -0.492 e. The molecule has 0 spiro atoms. The largest absolute Gasteiger partial charge is 0.492 e. The third-order valence-electron chi connectivity index (χ3n) is 6.75. The van der Waals surface area contributed by atoms with E-state index in [0.29, 0.717) is 24.6 Å². The number of aromatic carboxylic acids is 1. The molecule has 2 fully saturated rings. The molecule has 2 aromatic rings. The molecule has 174 valence electrons. The van der Waals surface area contributed by atoms with Crippen molar-refractivity contribution in [3.63, 3.8) is 0 Å². The Labute approximate surface area is 186 Å². The Balaban J connectivity index is 1.97. The van der Waals surface area contributed by atoms with Gasteiger partial charge in [0.15, 0.2) is 11.6 Å². The van der Waals surface area contributed by atoms with Crippen LogP contribution in [0.1, 0.15) is 56.4 Å². The highest BCUT2D eigenvalue weighted by Crippen LogP contribution is 2.47. The van der Waals surface area contributed by atoms with Crippen LogP contribution in [0, 0.1) is 11.2 Å². The van der Waals surface area contributed by atoms with Crippen LogP contribution in [0.3, 0.4) is 0 Å². The third kappa shape index (κ3) is 3.48. The summed E-state index contributed by atoms with van der Waals surface area (Å²) in [5, 5.41) is 12.9. The number of ether oxygens (including phenoxy) is 1. The lowest BCUT2D eigenvalue weighted by atomic mass is 9.78. The van der Waals surface area contributed by atoms with Crippen LogP contribution in [0.15, 0.2) is 11.0 Å². The van der Waals surface area contributed by atoms with E-state index in [-0.39, 0.29) is 34.0 Å². The molecule has 1 unspecified atom stereocenters. The molecule has 1 atom stereocenters. The van der Waals surface area contributed by atoms with E-state index < -0.39 is 22.8 Å². The molecule has 4 rings (SSSR count). The Morgan fingerprint density at radius 3 is 2.59 bits per heavy atom. The number of nitrogen functional groups attached to an aromatic ring is 1. The van der Waals surface area contributed by atoms with Gasteiger partial charge in [-0.2, -0.15) is 0 Å². The topological polar surface area (TPSA) is 110 Å². The Bertz CT molecular complexity index is 1140. The van der Waals surface area contributed by atoms with Gasteiger partial charge in [0.2, 0.25) is 5.43 Å². The molecule has 1 aliphatic heterocycles. The van der Waals surface area contributed by atoms with Crippen LogP contribution in [0.25, 0.3) is 10.9 Å². The summed E-state index contributed by atoms with van der Waals surface area (Å²) >= 11 is 0. The second kappa shape index (κ2) is 7.95. The summed E-state index contributed by atoms with van der Waals surface area (Å²) in [4.78, 5) is 26.6. The van der Waals surface area contributed by atoms with E-state index >= 15 is 4.39 Å². The number of hydrogen-bond donors (Lipinski definition) is 3. The molecule has 2 heterocycles. The molecular formula is C23H31FN4O4. The molecule has 0 amide bonds. The highest BCUT2D eigenvalue weighted by Gasteiger charge is 2.39. The smallest absolute Gasteiger partial charge is 0.341 e. The van der Waals surface area contributed by atoms with Crippen molar-refractivity contribution in [3.05, 3.63) is 27.8 Å². The first kappa shape index (κ1) is 22.4. The zero-order chi connectivity index (χ0) is 23.4. The Morgan fingerprint density at radius 2 is 2.06 bits per heavy atom. The van der Waals surface area contributed by atoms with Gasteiger partial charge in [0.25, 0.3) is 0 Å². The van der Waals surface area contributed by atoms with E-state index in [1.165, 1.54) is 13.3 Å². The maximum absolute atomic E-state index is 15.8. The van der Waals surface area contributed by atoms with Crippen LogP contribution in [0.2, 0.25) is 0 Å². The number of nitrogens with one attached hydrogen (secondary N) is 1. The fourth-order valence-corrected chi connectivity index (χ4v) is 5.00. The second-order valence-corrected chi connectivity index (χ2v) is 9.46. The zero-order valence-electron chi connectivity index (χ0n) is 19.0. The Hall–Kier alpha value is -2.81. The normalized spacial score (nSPS) is 20.5. The van der Waals surface area contributed by atoms with Gasteiger partial charge >= 0.3 is 5.97 Å². The fourth-order valence-electron chi connectivity index (χ4n) is 5.00. The van der Waals surface area contributed by atoms with Crippen LogP contribution in [-0.2, 0) is 0 Å². The van der Waals surface area contributed by atoms with Crippen LogP contribution in [0.5, 0.6) is 5.75 Å². The van der Waals surface area contributed by atoms with Crippen molar-refractivity contribution in [2.75, 3.05) is 37.4 Å². The molecule has 1 saturated carbocycles. The van der Waals surface area contributed by atoms with Gasteiger partial charge < -0.3 is 30.4 Å². The Kier molecular flexibility index (Phi) is 5.56. The maximum atomic E-state index is 15.8. The van der Waals surface area contributed by atoms with E-state index in [2.05, 4.69) is 26.1 Å². The summed E-state index contributed by atoms with van der Waals surface area (Å²) in [6, 6.07) is 0.317. The fraction of sp³-hybridized carbons (Fsp3) is 0.565. The van der Waals surface area contributed by atoms with Gasteiger partial charge in [-0.15, -0.1) is 0 Å². The first-order valence-corrected chi connectivity index (χ1v) is 11.1. The molecule has 1 aliphatic carbocycles. The van der Waals surface area contributed by atoms with Crippen molar-refractivity contribution >= 4 is 28.2 Å². The second-order valence-electron chi connectivity index (χ2n) is 9.46. The minimum absolute atomic E-state index is 0.0266. The number of rotatable bonds is 6. The molecule has 8 nitrogen and oxygen atoms in total. The number of hydrogen-bond acceptors (Lipinski definition) is 6. The zero-order valence-corrected chi connectivity index (χ0v) is 19.0. The average Bonchev–Trinajstić information content (AvgIpc) is 3.56. The number of carboxylic acid groups (broad SMARTS) is 1. The molecule has 4 N–H and O–H groups in total. The molecule has 1 saturated heterocycles. The van der Waals surface area contributed by atoms with Crippen molar-refractivity contribution in [2.24, 2.45) is 5.41 Å². The highest BCUT2D eigenvalue weighted by atomic mass is 19.1. The monoisotopic (exact) mass is 446 g/mol. The van der Waals surface area contributed by atoms with Crippen molar-refractivity contribution in [1.29, 1.82) is 0 Å². The number of piperidine rings is 1. The summed E-state index contributed by atoms with van der Waals surface area (Å²) in [7, 11) is 1.44. The number of carboxylic acids is 1. The predicted octanol–water partition coefficient (Wildman–Crippen LogP) is 2.98. The van der Waals surface area contributed by atoms with Gasteiger partial charge in [0.05, 0.1) is 23.7 Å². The van der Waals surface area contributed by atoms with Gasteiger partial charge in [-0.25, -0.2) is 9.18 Å². The number of methoxy groups -OCH3 is 1. The van der Waals surface area contributed by atoms with Gasteiger partial charge in [-0.1, -0.05) is 20.8 Å². The standard InChI is InChI=1S/C23H31FN4O4/c1-5-26-14-8-9-27(11-23(14,2)3)19-16(24)17(25)15-18(21(19)32-4)28(12-6-7-12)10-13(20(15)29)22(30)31/h10,12,14,26H,5-9,11,25H2,1-4H3,(H,30,31). The number of pyridine rings is 1. The molecule has 0 radical (unpaired) electrons. The molecular weight excluding hydrogens is 415 g/mol. The number of nitrogens with zero attached hydrogens (tertiary/aromatic N) is 2. The van der Waals surface area contributed by atoms with Gasteiger partial charge in [0, 0.05) is 31.4 Å². The molecule has 0 bridgehead atoms. The number of halogens is 1. The number of nitrogens with two attached hydrogens (primary N) is 1. The van der Waals surface area contributed by atoms with E-state index in [9.17, 15) is 14.7 Å². The Morgan fingerprint density at radius 1 is 1.38 bits per heavy atom. The lowest BCUT2D eigenvalue weighted by Gasteiger charge is -2.46. The van der Waals surface area contributed by atoms with Crippen molar-refractivity contribution in [1.82, 2.24) is 9.88 Å². The predicted molar refractivity (Wildman–Crippen MR) is 122 cm³/mol. The van der Waals surface area contributed by atoms with Crippen LogP contribution in [0.4, 0.5) is 15.8 Å². The molecule has 32 heavy (non-hydrogen) atoms. The maximum Gasteiger partial charge on any atom is 0.341 e. The lowest BCUT2D eigenvalue weighted by Crippen LogP contribution is -2.54. The number of benzene rings is 1. The van der Waals surface area contributed by atoms with Crippen LogP contribution in [-0.4, -0.2) is 48.4 Å². The summed E-state index contributed by atoms with van der Waals surface area (Å²) in [6.45, 7) is 8.37. The molecule has 2 aliphatic rings. The number of fused-ring (bicyclic) bond motifs is 1. The third-order valence-corrected chi connectivity index (χ3v) is 6.75. The first-order chi connectivity index (χ1) is 15.1. The minimum atomic E-state index is -1.36. The van der Waals surface area contributed by atoms with E-state index in [1.807, 2.05) is 4.90 Å². The SMILES string of the molecule is CCNC1CCN(c2c(F)c(N)c3c(=O)c(C(=O)O)cn(C4CC4)c3c2OC)CC1(C)C. The summed E-state index contributed by atoms with van der Waals surface area (Å²) in [5.74, 6) is -1.87. The summed E-state index contributed by atoms with van der Waals surface area (Å²) < 4.78 is 23.2.